The van der Waals surface area contributed by atoms with Gasteiger partial charge in [0.2, 0.25) is 0 Å². The average Bonchev–Trinajstić information content (AvgIpc) is 2.44. The Morgan fingerprint density at radius 3 is 2.90 bits per heavy atom. The molecule has 2 atom stereocenters. The molecule has 0 saturated heterocycles. The molecule has 2 rings (SSSR count). The van der Waals surface area contributed by atoms with Crippen LogP contribution < -0.4 is 5.32 Å². The normalized spacial score (nSPS) is 21.8. The Hall–Kier alpha value is -1.69. The predicted molar refractivity (Wildman–Crippen MR) is 77.0 cm³/mol. The molecular weight excluding hydrogens is 299 g/mol. The lowest BCUT2D eigenvalue weighted by atomic mass is 9.89. The molecule has 0 heterocycles. The van der Waals surface area contributed by atoms with E-state index >= 15 is 0 Å². The second-order valence-electron chi connectivity index (χ2n) is 5.26. The Bertz CT molecular complexity index is 553. The molecule has 1 aliphatic rings. The van der Waals surface area contributed by atoms with E-state index < -0.39 is 22.3 Å². The van der Waals surface area contributed by atoms with Crippen LogP contribution in [0.3, 0.4) is 0 Å². The van der Waals surface area contributed by atoms with Gasteiger partial charge in [0.15, 0.2) is 0 Å². The van der Waals surface area contributed by atoms with E-state index in [1.54, 1.807) is 0 Å². The van der Waals surface area contributed by atoms with Gasteiger partial charge in [-0.15, -0.1) is 11.6 Å². The van der Waals surface area contributed by atoms with Crippen molar-refractivity contribution in [2.75, 3.05) is 6.54 Å². The van der Waals surface area contributed by atoms with E-state index in [2.05, 4.69) is 5.32 Å². The standard InChI is InChI=1S/C14H16ClFN2O3/c15-10-3-1-2-9(6-10)8-17-14(19)12-5-4-11(16)7-13(12)18(20)21/h4-5,7,9-10H,1-3,6,8H2,(H,17,19). The lowest BCUT2D eigenvalue weighted by molar-refractivity contribution is -0.385. The summed E-state index contributed by atoms with van der Waals surface area (Å²) < 4.78 is 13.0. The number of halogens is 2. The third-order valence-corrected chi connectivity index (χ3v) is 4.07. The van der Waals surface area contributed by atoms with Crippen molar-refractivity contribution in [3.8, 4) is 0 Å². The molecular formula is C14H16ClFN2O3. The first kappa shape index (κ1) is 15.7. The highest BCUT2D eigenvalue weighted by Gasteiger charge is 2.24. The van der Waals surface area contributed by atoms with Gasteiger partial charge in [-0.2, -0.15) is 0 Å². The summed E-state index contributed by atoms with van der Waals surface area (Å²) in [6.07, 6.45) is 3.81. The van der Waals surface area contributed by atoms with E-state index in [-0.39, 0.29) is 16.9 Å². The fourth-order valence-corrected chi connectivity index (χ4v) is 3.00. The number of hydrogen-bond donors (Lipinski definition) is 1. The third kappa shape index (κ3) is 4.14. The van der Waals surface area contributed by atoms with Crippen LogP contribution in [0.2, 0.25) is 0 Å². The van der Waals surface area contributed by atoms with Crippen molar-refractivity contribution < 1.29 is 14.1 Å². The van der Waals surface area contributed by atoms with Gasteiger partial charge in [0.1, 0.15) is 11.4 Å². The van der Waals surface area contributed by atoms with Crippen LogP contribution in [-0.4, -0.2) is 22.8 Å². The van der Waals surface area contributed by atoms with Gasteiger partial charge in [-0.3, -0.25) is 14.9 Å². The Morgan fingerprint density at radius 1 is 1.48 bits per heavy atom. The van der Waals surface area contributed by atoms with Gasteiger partial charge in [-0.05, 0) is 37.3 Å². The summed E-state index contributed by atoms with van der Waals surface area (Å²) >= 11 is 6.08. The average molecular weight is 315 g/mol. The summed E-state index contributed by atoms with van der Waals surface area (Å²) in [5.74, 6) is -1.02. The van der Waals surface area contributed by atoms with Crippen LogP contribution in [-0.2, 0) is 0 Å². The summed E-state index contributed by atoms with van der Waals surface area (Å²) in [6.45, 7) is 0.427. The van der Waals surface area contributed by atoms with Crippen molar-refractivity contribution in [2.45, 2.75) is 31.1 Å². The van der Waals surface area contributed by atoms with Crippen LogP contribution in [0.1, 0.15) is 36.0 Å². The van der Waals surface area contributed by atoms with Crippen molar-refractivity contribution in [3.63, 3.8) is 0 Å². The summed E-state index contributed by atoms with van der Waals surface area (Å²) in [6, 6.07) is 2.93. The fraction of sp³-hybridized carbons (Fsp3) is 0.500. The highest BCUT2D eigenvalue weighted by Crippen LogP contribution is 2.27. The molecule has 1 N–H and O–H groups in total. The number of alkyl halides is 1. The number of amides is 1. The second-order valence-corrected chi connectivity index (χ2v) is 5.88. The second kappa shape index (κ2) is 6.85. The Morgan fingerprint density at radius 2 is 2.24 bits per heavy atom. The van der Waals surface area contributed by atoms with Gasteiger partial charge < -0.3 is 5.32 Å². The number of carbonyl (C=O) groups is 1. The number of hydrogen-bond acceptors (Lipinski definition) is 3. The molecule has 1 saturated carbocycles. The summed E-state index contributed by atoms with van der Waals surface area (Å²) in [5.41, 5.74) is -0.647. The molecule has 21 heavy (non-hydrogen) atoms. The van der Waals surface area contributed by atoms with Crippen LogP contribution in [0, 0.1) is 21.8 Å². The highest BCUT2D eigenvalue weighted by molar-refractivity contribution is 6.20. The maximum absolute atomic E-state index is 13.0. The molecule has 5 nitrogen and oxygen atoms in total. The van der Waals surface area contributed by atoms with E-state index in [1.807, 2.05) is 0 Å². The molecule has 2 unspecified atom stereocenters. The molecule has 1 fully saturated rings. The monoisotopic (exact) mass is 314 g/mol. The predicted octanol–water partition coefficient (Wildman–Crippen LogP) is 3.26. The lowest BCUT2D eigenvalue weighted by Crippen LogP contribution is -2.32. The molecule has 1 aromatic carbocycles. The third-order valence-electron chi connectivity index (χ3n) is 3.67. The molecule has 114 valence electrons. The zero-order valence-electron chi connectivity index (χ0n) is 11.4. The van der Waals surface area contributed by atoms with Crippen LogP contribution in [0.25, 0.3) is 0 Å². The van der Waals surface area contributed by atoms with Gasteiger partial charge in [0.05, 0.1) is 11.0 Å². The van der Waals surface area contributed by atoms with E-state index in [4.69, 9.17) is 11.6 Å². The van der Waals surface area contributed by atoms with Crippen molar-refractivity contribution in [1.29, 1.82) is 0 Å². The molecule has 0 aromatic heterocycles. The van der Waals surface area contributed by atoms with E-state index in [1.165, 1.54) is 0 Å². The van der Waals surface area contributed by atoms with Crippen molar-refractivity contribution in [1.82, 2.24) is 5.32 Å². The summed E-state index contributed by atoms with van der Waals surface area (Å²) in [5, 5.41) is 13.7. The van der Waals surface area contributed by atoms with E-state index in [9.17, 15) is 19.3 Å². The summed E-state index contributed by atoms with van der Waals surface area (Å²) in [7, 11) is 0. The number of carbonyl (C=O) groups excluding carboxylic acids is 1. The molecule has 1 aliphatic carbocycles. The number of rotatable bonds is 4. The minimum atomic E-state index is -0.757. The Balaban J connectivity index is 2.02. The van der Waals surface area contributed by atoms with Crippen molar-refractivity contribution in [3.05, 3.63) is 39.7 Å². The number of nitro groups is 1. The quantitative estimate of drug-likeness (QED) is 0.526. The SMILES string of the molecule is O=C(NCC1CCCC(Cl)C1)c1ccc(F)cc1[N+](=O)[O-]. The van der Waals surface area contributed by atoms with Gasteiger partial charge in [-0.25, -0.2) is 4.39 Å². The van der Waals surface area contributed by atoms with Gasteiger partial charge in [0, 0.05) is 11.9 Å². The van der Waals surface area contributed by atoms with E-state index in [0.29, 0.717) is 6.54 Å². The maximum Gasteiger partial charge on any atom is 0.285 e. The molecule has 7 heteroatoms. The molecule has 0 aliphatic heterocycles. The van der Waals surface area contributed by atoms with Crippen LogP contribution in [0.15, 0.2) is 18.2 Å². The van der Waals surface area contributed by atoms with Crippen LogP contribution in [0.5, 0.6) is 0 Å². The number of nitro benzene ring substituents is 1. The number of nitrogens with zero attached hydrogens (tertiary/aromatic N) is 1. The molecule has 0 spiro atoms. The first-order chi connectivity index (χ1) is 9.97. The Kier molecular flexibility index (Phi) is 5.12. The van der Waals surface area contributed by atoms with Gasteiger partial charge >= 0.3 is 0 Å². The van der Waals surface area contributed by atoms with Crippen LogP contribution in [0.4, 0.5) is 10.1 Å². The minimum Gasteiger partial charge on any atom is -0.352 e. The molecule has 1 amide bonds. The van der Waals surface area contributed by atoms with Gasteiger partial charge in [-0.1, -0.05) is 6.42 Å². The minimum absolute atomic E-state index is 0.125. The van der Waals surface area contributed by atoms with Crippen LogP contribution >= 0.6 is 11.6 Å². The first-order valence-corrected chi connectivity index (χ1v) is 7.27. The Labute approximate surface area is 126 Å². The maximum atomic E-state index is 13.0. The largest absolute Gasteiger partial charge is 0.352 e. The molecule has 1 aromatic rings. The van der Waals surface area contributed by atoms with Gasteiger partial charge in [0.25, 0.3) is 11.6 Å². The fourth-order valence-electron chi connectivity index (χ4n) is 2.59. The van der Waals surface area contributed by atoms with Crippen molar-refractivity contribution in [2.24, 2.45) is 5.92 Å². The zero-order valence-corrected chi connectivity index (χ0v) is 12.1. The number of nitrogens with one attached hydrogen (secondary N) is 1. The van der Waals surface area contributed by atoms with Crippen molar-refractivity contribution >= 4 is 23.2 Å². The smallest absolute Gasteiger partial charge is 0.285 e. The first-order valence-electron chi connectivity index (χ1n) is 6.83. The molecule has 0 radical (unpaired) electrons. The topological polar surface area (TPSA) is 72.2 Å². The highest BCUT2D eigenvalue weighted by atomic mass is 35.5. The number of benzene rings is 1. The molecule has 0 bridgehead atoms. The lowest BCUT2D eigenvalue weighted by Gasteiger charge is -2.25. The van der Waals surface area contributed by atoms with E-state index in [0.717, 1.165) is 43.9 Å². The zero-order chi connectivity index (χ0) is 15.4. The summed E-state index contributed by atoms with van der Waals surface area (Å²) in [4.78, 5) is 22.1.